The molecule has 2 N–H and O–H groups in total. The number of amides is 1. The number of halogens is 4. The van der Waals surface area contributed by atoms with Gasteiger partial charge in [0.2, 0.25) is 11.1 Å². The van der Waals surface area contributed by atoms with Crippen LogP contribution in [0.4, 0.5) is 19.0 Å². The summed E-state index contributed by atoms with van der Waals surface area (Å²) in [7, 11) is 0. The van der Waals surface area contributed by atoms with E-state index in [4.69, 9.17) is 11.6 Å². The molecular weight excluding hydrogens is 359 g/mol. The summed E-state index contributed by atoms with van der Waals surface area (Å²) in [6, 6.07) is 3.24. The lowest BCUT2D eigenvalue weighted by Crippen LogP contribution is -2.11. The minimum atomic E-state index is -4.42. The molecule has 0 aliphatic carbocycles. The second-order valence-electron chi connectivity index (χ2n) is 5.23. The van der Waals surface area contributed by atoms with Gasteiger partial charge in [-0.15, -0.1) is 0 Å². The van der Waals surface area contributed by atoms with E-state index in [1.165, 1.54) is 6.07 Å². The van der Waals surface area contributed by atoms with Crippen LogP contribution >= 0.6 is 11.6 Å². The Morgan fingerprint density at radius 1 is 1.20 bits per heavy atom. The quantitative estimate of drug-likeness (QED) is 0.730. The second-order valence-corrected chi connectivity index (χ2v) is 5.66. The number of fused-ring (bicyclic) bond motifs is 1. The van der Waals surface area contributed by atoms with Gasteiger partial charge in [0.15, 0.2) is 5.82 Å². The van der Waals surface area contributed by atoms with E-state index in [0.717, 1.165) is 18.6 Å². The summed E-state index contributed by atoms with van der Waals surface area (Å²) < 4.78 is 37.9. The molecule has 0 aliphatic rings. The molecule has 0 saturated carbocycles. The zero-order valence-electron chi connectivity index (χ0n) is 13.8. The summed E-state index contributed by atoms with van der Waals surface area (Å²) in [4.78, 5) is 21.3. The Bertz CT molecular complexity index is 729. The molecule has 9 heteroatoms. The average Bonchev–Trinajstić information content (AvgIpc) is 2.89. The summed E-state index contributed by atoms with van der Waals surface area (Å²) in [5, 5.41) is 8.91. The van der Waals surface area contributed by atoms with Crippen molar-refractivity contribution in [1.82, 2.24) is 10.2 Å². The predicted octanol–water partition coefficient (Wildman–Crippen LogP) is 4.87. The third-order valence-electron chi connectivity index (χ3n) is 3.07. The van der Waals surface area contributed by atoms with Crippen molar-refractivity contribution in [3.05, 3.63) is 23.8 Å². The van der Waals surface area contributed by atoms with Crippen LogP contribution in [-0.2, 0) is 15.8 Å². The molecule has 1 aromatic heterocycles. The van der Waals surface area contributed by atoms with Crippen LogP contribution in [0.5, 0.6) is 0 Å². The molecule has 25 heavy (non-hydrogen) atoms. The number of rotatable bonds is 5. The van der Waals surface area contributed by atoms with E-state index < -0.39 is 11.7 Å². The van der Waals surface area contributed by atoms with Crippen LogP contribution in [0.3, 0.4) is 0 Å². The van der Waals surface area contributed by atoms with Crippen LogP contribution in [0.25, 0.3) is 10.9 Å². The molecule has 0 spiro atoms. The van der Waals surface area contributed by atoms with Gasteiger partial charge in [0.05, 0.1) is 11.1 Å². The highest BCUT2D eigenvalue weighted by atomic mass is 35.5. The minimum absolute atomic E-state index is 0.125. The lowest BCUT2D eigenvalue weighted by molar-refractivity contribution is -0.137. The van der Waals surface area contributed by atoms with E-state index in [2.05, 4.69) is 15.5 Å². The highest BCUT2D eigenvalue weighted by Gasteiger charge is 2.31. The first-order chi connectivity index (χ1) is 11.7. The minimum Gasteiger partial charge on any atom is -0.309 e. The van der Waals surface area contributed by atoms with Crippen molar-refractivity contribution in [2.45, 2.75) is 45.7 Å². The van der Waals surface area contributed by atoms with Crippen molar-refractivity contribution >= 4 is 39.5 Å². The van der Waals surface area contributed by atoms with Crippen LogP contribution < -0.4 is 5.32 Å². The smallest absolute Gasteiger partial charge is 0.309 e. The SMILES string of the molecule is CCCC(=O)Cl.CCCC(=O)Nc1n[nH]c2ccc(C(F)(F)F)cc12. The van der Waals surface area contributed by atoms with Gasteiger partial charge in [-0.3, -0.25) is 14.7 Å². The van der Waals surface area contributed by atoms with E-state index in [1.54, 1.807) is 0 Å². The Labute approximate surface area is 147 Å². The van der Waals surface area contributed by atoms with Crippen molar-refractivity contribution in [3.8, 4) is 0 Å². The Kier molecular flexibility index (Phi) is 7.89. The molecule has 0 fully saturated rings. The summed E-state index contributed by atoms with van der Waals surface area (Å²) >= 11 is 4.94. The number of hydrogen-bond acceptors (Lipinski definition) is 3. The standard InChI is InChI=1S/C12H12F3N3O.C4H7ClO/c1-2-3-10(19)16-11-8-6-7(12(13,14)15)4-5-9(8)17-18-11;1-2-3-4(5)6/h4-6H,2-3H2,1H3,(H2,16,17,18,19);2-3H2,1H3. The maximum atomic E-state index is 12.6. The maximum Gasteiger partial charge on any atom is 0.416 e. The lowest BCUT2D eigenvalue weighted by Gasteiger charge is -2.06. The van der Waals surface area contributed by atoms with Gasteiger partial charge in [-0.25, -0.2) is 0 Å². The molecule has 0 bridgehead atoms. The molecule has 0 radical (unpaired) electrons. The van der Waals surface area contributed by atoms with E-state index in [1.807, 2.05) is 13.8 Å². The van der Waals surface area contributed by atoms with Crippen LogP contribution in [-0.4, -0.2) is 21.3 Å². The monoisotopic (exact) mass is 377 g/mol. The number of carbonyl (C=O) groups excluding carboxylic acids is 2. The van der Waals surface area contributed by atoms with Crippen molar-refractivity contribution in [1.29, 1.82) is 0 Å². The fourth-order valence-electron chi connectivity index (χ4n) is 1.90. The number of nitrogens with one attached hydrogen (secondary N) is 2. The molecule has 138 valence electrons. The Morgan fingerprint density at radius 2 is 1.84 bits per heavy atom. The summed E-state index contributed by atoms with van der Waals surface area (Å²) in [6.07, 6.45) is -2.12. The van der Waals surface area contributed by atoms with Crippen LogP contribution in [0.2, 0.25) is 0 Å². The number of anilines is 1. The van der Waals surface area contributed by atoms with Gasteiger partial charge < -0.3 is 5.32 Å². The van der Waals surface area contributed by atoms with Crippen molar-refractivity contribution < 1.29 is 22.8 Å². The van der Waals surface area contributed by atoms with E-state index in [9.17, 15) is 22.8 Å². The van der Waals surface area contributed by atoms with Crippen molar-refractivity contribution in [3.63, 3.8) is 0 Å². The van der Waals surface area contributed by atoms with Gasteiger partial charge in [-0.2, -0.15) is 18.3 Å². The first-order valence-electron chi connectivity index (χ1n) is 7.72. The molecule has 0 unspecified atom stereocenters. The van der Waals surface area contributed by atoms with Crippen LogP contribution in [0.15, 0.2) is 18.2 Å². The number of aromatic nitrogens is 2. The van der Waals surface area contributed by atoms with Crippen LogP contribution in [0, 0.1) is 0 Å². The maximum absolute atomic E-state index is 12.6. The molecule has 2 rings (SSSR count). The number of nitrogens with zero attached hydrogens (tertiary/aromatic N) is 1. The molecule has 0 saturated heterocycles. The van der Waals surface area contributed by atoms with Crippen molar-refractivity contribution in [2.24, 2.45) is 0 Å². The molecule has 0 aliphatic heterocycles. The van der Waals surface area contributed by atoms with E-state index in [0.29, 0.717) is 24.8 Å². The zero-order chi connectivity index (χ0) is 19.0. The van der Waals surface area contributed by atoms with Gasteiger partial charge in [0.1, 0.15) is 0 Å². The number of H-pyrrole nitrogens is 1. The van der Waals surface area contributed by atoms with Gasteiger partial charge in [0.25, 0.3) is 0 Å². The first-order valence-corrected chi connectivity index (χ1v) is 8.10. The Morgan fingerprint density at radius 3 is 2.32 bits per heavy atom. The molecular formula is C16H19ClF3N3O2. The average molecular weight is 378 g/mol. The second kappa shape index (κ2) is 9.41. The third-order valence-corrected chi connectivity index (χ3v) is 3.26. The summed E-state index contributed by atoms with van der Waals surface area (Å²) in [5.74, 6) is -0.145. The van der Waals surface area contributed by atoms with Crippen molar-refractivity contribution in [2.75, 3.05) is 5.32 Å². The van der Waals surface area contributed by atoms with Gasteiger partial charge in [-0.1, -0.05) is 13.8 Å². The highest BCUT2D eigenvalue weighted by Crippen LogP contribution is 2.32. The van der Waals surface area contributed by atoms with Gasteiger partial charge in [0, 0.05) is 18.2 Å². The van der Waals surface area contributed by atoms with Crippen LogP contribution in [0.1, 0.15) is 45.1 Å². The molecule has 5 nitrogen and oxygen atoms in total. The lowest BCUT2D eigenvalue weighted by atomic mass is 10.1. The molecule has 1 amide bonds. The largest absolute Gasteiger partial charge is 0.416 e. The predicted molar refractivity (Wildman–Crippen MR) is 90.4 cm³/mol. The molecule has 1 heterocycles. The normalized spacial score (nSPS) is 11.0. The summed E-state index contributed by atoms with van der Waals surface area (Å²) in [6.45, 7) is 3.75. The number of hydrogen-bond donors (Lipinski definition) is 2. The van der Waals surface area contributed by atoms with Gasteiger partial charge >= 0.3 is 6.18 Å². The number of benzene rings is 1. The number of carbonyl (C=O) groups is 2. The summed E-state index contributed by atoms with van der Waals surface area (Å²) in [5.41, 5.74) is -0.327. The molecule has 0 atom stereocenters. The van der Waals surface area contributed by atoms with E-state index in [-0.39, 0.29) is 22.4 Å². The highest BCUT2D eigenvalue weighted by molar-refractivity contribution is 6.63. The molecule has 1 aromatic carbocycles. The molecule has 2 aromatic rings. The first kappa shape index (κ1) is 21.0. The zero-order valence-corrected chi connectivity index (χ0v) is 14.6. The fraction of sp³-hybridized carbons (Fsp3) is 0.438. The van der Waals surface area contributed by atoms with E-state index >= 15 is 0 Å². The third kappa shape index (κ3) is 6.74. The Balaban J connectivity index is 0.000000450. The van der Waals surface area contributed by atoms with Gasteiger partial charge in [-0.05, 0) is 42.6 Å². The topological polar surface area (TPSA) is 74.8 Å². The Hall–Kier alpha value is -2.09. The fourth-order valence-corrected chi connectivity index (χ4v) is 2.09. The number of aromatic amines is 1. The number of alkyl halides is 3.